The van der Waals surface area contributed by atoms with Gasteiger partial charge in [-0.25, -0.2) is 15.0 Å². The molecule has 3 heterocycles. The van der Waals surface area contributed by atoms with E-state index < -0.39 is 0 Å². The SMILES string of the molecule is CC(C)n1ccnc1CN1CCCC[C@H]1c1ccnc(N(C)C)n1. The maximum Gasteiger partial charge on any atom is 0.225 e. The highest BCUT2D eigenvalue weighted by Gasteiger charge is 2.27. The maximum absolute atomic E-state index is 4.78. The van der Waals surface area contributed by atoms with E-state index in [9.17, 15) is 0 Å². The van der Waals surface area contributed by atoms with Crippen LogP contribution in [0.15, 0.2) is 24.7 Å². The molecule has 1 aliphatic heterocycles. The lowest BCUT2D eigenvalue weighted by Gasteiger charge is -2.35. The second kappa shape index (κ2) is 7.30. The van der Waals surface area contributed by atoms with Crippen LogP contribution in [0.3, 0.4) is 0 Å². The summed E-state index contributed by atoms with van der Waals surface area (Å²) in [4.78, 5) is 18.2. The Morgan fingerprint density at radius 1 is 1.21 bits per heavy atom. The van der Waals surface area contributed by atoms with E-state index >= 15 is 0 Å². The van der Waals surface area contributed by atoms with Gasteiger partial charge < -0.3 is 9.47 Å². The molecule has 24 heavy (non-hydrogen) atoms. The van der Waals surface area contributed by atoms with Crippen LogP contribution in [-0.2, 0) is 6.54 Å². The Balaban J connectivity index is 1.83. The third-order valence-corrected chi connectivity index (χ3v) is 4.67. The van der Waals surface area contributed by atoms with Crippen LogP contribution in [0, 0.1) is 0 Å². The van der Waals surface area contributed by atoms with Crippen molar-refractivity contribution in [2.45, 2.75) is 51.7 Å². The van der Waals surface area contributed by atoms with Crippen molar-refractivity contribution in [1.82, 2.24) is 24.4 Å². The summed E-state index contributed by atoms with van der Waals surface area (Å²) in [6.45, 7) is 6.37. The van der Waals surface area contributed by atoms with Crippen molar-refractivity contribution in [1.29, 1.82) is 0 Å². The van der Waals surface area contributed by atoms with Gasteiger partial charge in [-0.3, -0.25) is 4.90 Å². The molecule has 1 saturated heterocycles. The third kappa shape index (κ3) is 3.59. The summed E-state index contributed by atoms with van der Waals surface area (Å²) < 4.78 is 2.26. The van der Waals surface area contributed by atoms with Crippen LogP contribution in [0.25, 0.3) is 0 Å². The van der Waals surface area contributed by atoms with Crippen LogP contribution in [-0.4, -0.2) is 45.1 Å². The quantitative estimate of drug-likeness (QED) is 0.844. The molecule has 0 N–H and O–H groups in total. The Morgan fingerprint density at radius 3 is 2.79 bits per heavy atom. The van der Waals surface area contributed by atoms with Crippen LogP contribution in [0.2, 0.25) is 0 Å². The van der Waals surface area contributed by atoms with Gasteiger partial charge in [-0.1, -0.05) is 6.42 Å². The van der Waals surface area contributed by atoms with Gasteiger partial charge in [0.25, 0.3) is 0 Å². The fourth-order valence-corrected chi connectivity index (χ4v) is 3.40. The number of likely N-dealkylation sites (tertiary alicyclic amines) is 1. The van der Waals surface area contributed by atoms with Crippen LogP contribution in [0.1, 0.15) is 56.7 Å². The number of piperidine rings is 1. The second-order valence-electron chi connectivity index (χ2n) is 7.00. The molecule has 0 spiro atoms. The Labute approximate surface area is 144 Å². The zero-order valence-electron chi connectivity index (χ0n) is 15.2. The molecule has 1 atom stereocenters. The molecule has 0 aliphatic carbocycles. The molecule has 1 fully saturated rings. The van der Waals surface area contributed by atoms with Crippen molar-refractivity contribution >= 4 is 5.95 Å². The fraction of sp³-hybridized carbons (Fsp3) is 0.611. The summed E-state index contributed by atoms with van der Waals surface area (Å²) in [6, 6.07) is 2.84. The van der Waals surface area contributed by atoms with Crippen LogP contribution in [0.4, 0.5) is 5.95 Å². The van der Waals surface area contributed by atoms with Gasteiger partial charge in [0.05, 0.1) is 18.3 Å². The lowest BCUT2D eigenvalue weighted by molar-refractivity contribution is 0.131. The standard InChI is InChI=1S/C18H28N6/c1-14(2)24-12-10-19-17(24)13-23-11-6-5-7-16(23)15-8-9-20-18(21-15)22(3)4/h8-10,12,14,16H,5-7,11,13H2,1-4H3/t16-/m0/s1. The largest absolute Gasteiger partial charge is 0.347 e. The number of aromatic nitrogens is 4. The van der Waals surface area contributed by atoms with Crippen molar-refractivity contribution < 1.29 is 0 Å². The van der Waals surface area contributed by atoms with E-state index in [4.69, 9.17) is 4.98 Å². The lowest BCUT2D eigenvalue weighted by Crippen LogP contribution is -2.34. The summed E-state index contributed by atoms with van der Waals surface area (Å²) in [5.74, 6) is 1.92. The van der Waals surface area contributed by atoms with Gasteiger partial charge in [-0.2, -0.15) is 0 Å². The topological polar surface area (TPSA) is 50.1 Å². The Morgan fingerprint density at radius 2 is 2.04 bits per heavy atom. The number of anilines is 1. The predicted octanol–water partition coefficient (Wildman–Crippen LogP) is 3.05. The van der Waals surface area contributed by atoms with E-state index in [2.05, 4.69) is 45.5 Å². The normalized spacial score (nSPS) is 19.0. The van der Waals surface area contributed by atoms with Crippen molar-refractivity contribution in [2.75, 3.05) is 25.5 Å². The minimum Gasteiger partial charge on any atom is -0.347 e. The zero-order valence-corrected chi connectivity index (χ0v) is 15.2. The highest BCUT2D eigenvalue weighted by atomic mass is 15.2. The van der Waals surface area contributed by atoms with Crippen molar-refractivity contribution in [3.05, 3.63) is 36.2 Å². The molecule has 1 aliphatic rings. The van der Waals surface area contributed by atoms with Crippen LogP contribution in [0.5, 0.6) is 0 Å². The molecular weight excluding hydrogens is 300 g/mol. The van der Waals surface area contributed by atoms with Gasteiger partial charge in [0.1, 0.15) is 5.82 Å². The zero-order chi connectivity index (χ0) is 17.1. The molecular formula is C18H28N6. The molecule has 6 heteroatoms. The average Bonchev–Trinajstić information content (AvgIpc) is 3.04. The van der Waals surface area contributed by atoms with Gasteiger partial charge in [-0.15, -0.1) is 0 Å². The number of imidazole rings is 1. The first-order valence-electron chi connectivity index (χ1n) is 8.82. The minimum atomic E-state index is 0.345. The van der Waals surface area contributed by atoms with Gasteiger partial charge in [0.2, 0.25) is 5.95 Å². The van der Waals surface area contributed by atoms with Gasteiger partial charge >= 0.3 is 0 Å². The van der Waals surface area contributed by atoms with Crippen LogP contribution >= 0.6 is 0 Å². The van der Waals surface area contributed by atoms with Gasteiger partial charge in [-0.05, 0) is 39.3 Å². The molecule has 0 amide bonds. The summed E-state index contributed by atoms with van der Waals surface area (Å²) in [6.07, 6.45) is 9.49. The van der Waals surface area contributed by atoms with E-state index in [-0.39, 0.29) is 0 Å². The van der Waals surface area contributed by atoms with E-state index in [1.807, 2.05) is 31.4 Å². The molecule has 2 aromatic heterocycles. The molecule has 2 aromatic rings. The molecule has 3 rings (SSSR count). The van der Waals surface area contributed by atoms with E-state index in [0.717, 1.165) is 37.0 Å². The van der Waals surface area contributed by atoms with E-state index in [1.165, 1.54) is 12.8 Å². The third-order valence-electron chi connectivity index (χ3n) is 4.67. The average molecular weight is 328 g/mol. The molecule has 6 nitrogen and oxygen atoms in total. The van der Waals surface area contributed by atoms with Gasteiger partial charge in [0.15, 0.2) is 0 Å². The first kappa shape index (κ1) is 16.9. The number of hydrogen-bond acceptors (Lipinski definition) is 5. The molecule has 0 bridgehead atoms. The molecule has 130 valence electrons. The number of rotatable bonds is 5. The smallest absolute Gasteiger partial charge is 0.225 e. The van der Waals surface area contributed by atoms with Crippen molar-refractivity contribution in [2.24, 2.45) is 0 Å². The molecule has 0 saturated carbocycles. The maximum atomic E-state index is 4.78. The summed E-state index contributed by atoms with van der Waals surface area (Å²) >= 11 is 0. The molecule has 0 radical (unpaired) electrons. The minimum absolute atomic E-state index is 0.345. The summed E-state index contributed by atoms with van der Waals surface area (Å²) in [5.41, 5.74) is 1.12. The first-order valence-corrected chi connectivity index (χ1v) is 8.82. The Kier molecular flexibility index (Phi) is 5.14. The predicted molar refractivity (Wildman–Crippen MR) is 96.0 cm³/mol. The first-order chi connectivity index (χ1) is 11.6. The Hall–Kier alpha value is -1.95. The lowest BCUT2D eigenvalue weighted by atomic mass is 9.99. The second-order valence-corrected chi connectivity index (χ2v) is 7.00. The van der Waals surface area contributed by atoms with Gasteiger partial charge in [0, 0.05) is 38.7 Å². The van der Waals surface area contributed by atoms with E-state index in [0.29, 0.717) is 12.1 Å². The highest BCUT2D eigenvalue weighted by Crippen LogP contribution is 2.31. The molecule has 0 unspecified atom stereocenters. The summed E-state index contributed by atoms with van der Waals surface area (Å²) in [7, 11) is 3.97. The monoisotopic (exact) mass is 328 g/mol. The number of hydrogen-bond donors (Lipinski definition) is 0. The Bertz CT molecular complexity index is 663. The highest BCUT2D eigenvalue weighted by molar-refractivity contribution is 5.28. The molecule has 0 aromatic carbocycles. The number of nitrogens with zero attached hydrogens (tertiary/aromatic N) is 6. The van der Waals surface area contributed by atoms with Crippen LogP contribution < -0.4 is 4.90 Å². The van der Waals surface area contributed by atoms with Crippen molar-refractivity contribution in [3.63, 3.8) is 0 Å². The summed E-state index contributed by atoms with van der Waals surface area (Å²) in [5, 5.41) is 0. The van der Waals surface area contributed by atoms with E-state index in [1.54, 1.807) is 0 Å². The van der Waals surface area contributed by atoms with Crippen molar-refractivity contribution in [3.8, 4) is 0 Å². The fourth-order valence-electron chi connectivity index (χ4n) is 3.40.